The van der Waals surface area contributed by atoms with E-state index in [4.69, 9.17) is 27.9 Å². The number of ether oxygens (including phenoxy) is 1. The molecule has 0 bridgehead atoms. The zero-order chi connectivity index (χ0) is 16.0. The number of hydrogen-bond donors (Lipinski definition) is 1. The number of methoxy groups -OCH3 is 1. The molecule has 0 aliphatic carbocycles. The predicted octanol–water partition coefficient (Wildman–Crippen LogP) is 3.24. The molecule has 4 nitrogen and oxygen atoms in total. The lowest BCUT2D eigenvalue weighted by molar-refractivity contribution is -0.146. The van der Waals surface area contributed by atoms with Crippen LogP contribution < -0.4 is 5.32 Å². The third-order valence-electron chi connectivity index (χ3n) is 3.33. The van der Waals surface area contributed by atoms with Crippen LogP contribution in [0.15, 0.2) is 18.2 Å². The highest BCUT2D eigenvalue weighted by atomic mass is 35.5. The van der Waals surface area contributed by atoms with Crippen LogP contribution in [0, 0.1) is 5.92 Å². The van der Waals surface area contributed by atoms with Gasteiger partial charge >= 0.3 is 5.97 Å². The lowest BCUT2D eigenvalue weighted by atomic mass is 9.99. The SMILES string of the molecule is CC[C@@H](C)[C@H](NC(=O)Cc1ccc(Cl)c(Cl)c1)C(=O)OC. The molecule has 0 aromatic heterocycles. The van der Waals surface area contributed by atoms with Crippen LogP contribution >= 0.6 is 23.2 Å². The van der Waals surface area contributed by atoms with E-state index in [0.29, 0.717) is 10.0 Å². The number of nitrogens with one attached hydrogen (secondary N) is 1. The maximum absolute atomic E-state index is 12.1. The Morgan fingerprint density at radius 3 is 2.48 bits per heavy atom. The van der Waals surface area contributed by atoms with Gasteiger partial charge in [0.15, 0.2) is 0 Å². The molecule has 1 N–H and O–H groups in total. The van der Waals surface area contributed by atoms with E-state index in [1.807, 2.05) is 13.8 Å². The minimum absolute atomic E-state index is 0.00444. The van der Waals surface area contributed by atoms with Crippen LogP contribution in [0.4, 0.5) is 0 Å². The molecule has 6 heteroatoms. The Balaban J connectivity index is 2.73. The third-order valence-corrected chi connectivity index (χ3v) is 4.07. The van der Waals surface area contributed by atoms with Gasteiger partial charge in [0.2, 0.25) is 5.91 Å². The molecular weight excluding hydrogens is 313 g/mol. The summed E-state index contributed by atoms with van der Waals surface area (Å²) in [7, 11) is 1.31. The van der Waals surface area contributed by atoms with Crippen molar-refractivity contribution in [1.29, 1.82) is 0 Å². The maximum atomic E-state index is 12.1. The molecule has 0 unspecified atom stereocenters. The molecule has 0 spiro atoms. The summed E-state index contributed by atoms with van der Waals surface area (Å²) < 4.78 is 4.73. The number of carbonyl (C=O) groups is 2. The molecule has 0 heterocycles. The second kappa shape index (κ2) is 8.25. The quantitative estimate of drug-likeness (QED) is 0.814. The number of esters is 1. The molecule has 1 amide bonds. The molecule has 0 saturated carbocycles. The van der Waals surface area contributed by atoms with E-state index in [-0.39, 0.29) is 18.2 Å². The summed E-state index contributed by atoms with van der Waals surface area (Å²) in [5.41, 5.74) is 0.731. The highest BCUT2D eigenvalue weighted by Crippen LogP contribution is 2.22. The Kier molecular flexibility index (Phi) is 6.99. The Labute approximate surface area is 134 Å². The Morgan fingerprint density at radius 1 is 1.29 bits per heavy atom. The summed E-state index contributed by atoms with van der Waals surface area (Å²) in [6, 6.07) is 4.36. The first kappa shape index (κ1) is 17.8. The van der Waals surface area contributed by atoms with Gasteiger partial charge in [-0.25, -0.2) is 4.79 Å². The van der Waals surface area contributed by atoms with E-state index in [0.717, 1.165) is 12.0 Å². The van der Waals surface area contributed by atoms with E-state index in [1.165, 1.54) is 7.11 Å². The van der Waals surface area contributed by atoms with E-state index >= 15 is 0 Å². The molecule has 0 aliphatic heterocycles. The number of hydrogen-bond acceptors (Lipinski definition) is 3. The summed E-state index contributed by atoms with van der Waals surface area (Å²) in [5, 5.41) is 3.55. The van der Waals surface area contributed by atoms with Gasteiger partial charge in [-0.05, 0) is 23.6 Å². The van der Waals surface area contributed by atoms with Gasteiger partial charge in [-0.2, -0.15) is 0 Å². The fourth-order valence-corrected chi connectivity index (χ4v) is 2.18. The maximum Gasteiger partial charge on any atom is 0.328 e. The third kappa shape index (κ3) is 5.21. The minimum Gasteiger partial charge on any atom is -0.467 e. The molecule has 1 rings (SSSR count). The number of rotatable bonds is 6. The lowest BCUT2D eigenvalue weighted by Crippen LogP contribution is -2.46. The van der Waals surface area contributed by atoms with Crippen LogP contribution in [-0.4, -0.2) is 25.0 Å². The molecule has 2 atom stereocenters. The molecule has 0 saturated heterocycles. The second-order valence-corrected chi connectivity index (χ2v) is 5.69. The summed E-state index contributed by atoms with van der Waals surface area (Å²) in [6.45, 7) is 3.84. The average Bonchev–Trinajstić information content (AvgIpc) is 2.47. The van der Waals surface area contributed by atoms with Crippen LogP contribution in [0.2, 0.25) is 10.0 Å². The zero-order valence-corrected chi connectivity index (χ0v) is 13.8. The standard InChI is InChI=1S/C15H19Cl2NO3/c1-4-9(2)14(15(20)21-3)18-13(19)8-10-5-6-11(16)12(17)7-10/h5-7,9,14H,4,8H2,1-3H3,(H,18,19)/t9-,14+/m1/s1. The van der Waals surface area contributed by atoms with Crippen molar-refractivity contribution in [2.24, 2.45) is 5.92 Å². The number of benzene rings is 1. The fourth-order valence-electron chi connectivity index (χ4n) is 1.86. The molecule has 1 aromatic carbocycles. The molecule has 21 heavy (non-hydrogen) atoms. The Morgan fingerprint density at radius 2 is 1.95 bits per heavy atom. The molecule has 0 fully saturated rings. The summed E-state index contributed by atoms with van der Waals surface area (Å²) >= 11 is 11.7. The van der Waals surface area contributed by atoms with Gasteiger partial charge in [0.25, 0.3) is 0 Å². The van der Waals surface area contributed by atoms with Crippen molar-refractivity contribution in [3.8, 4) is 0 Å². The van der Waals surface area contributed by atoms with Crippen molar-refractivity contribution < 1.29 is 14.3 Å². The molecule has 0 aliphatic rings. The van der Waals surface area contributed by atoms with Crippen LogP contribution in [0.25, 0.3) is 0 Å². The van der Waals surface area contributed by atoms with E-state index in [1.54, 1.807) is 18.2 Å². The zero-order valence-electron chi connectivity index (χ0n) is 12.3. The smallest absolute Gasteiger partial charge is 0.328 e. The van der Waals surface area contributed by atoms with Crippen molar-refractivity contribution in [1.82, 2.24) is 5.32 Å². The average molecular weight is 332 g/mol. The van der Waals surface area contributed by atoms with Crippen molar-refractivity contribution in [2.45, 2.75) is 32.7 Å². The first-order valence-corrected chi connectivity index (χ1v) is 7.45. The van der Waals surface area contributed by atoms with Gasteiger partial charge in [-0.1, -0.05) is 49.5 Å². The van der Waals surface area contributed by atoms with Crippen LogP contribution in [-0.2, 0) is 20.7 Å². The largest absolute Gasteiger partial charge is 0.467 e. The van der Waals surface area contributed by atoms with Crippen LogP contribution in [0.5, 0.6) is 0 Å². The van der Waals surface area contributed by atoms with E-state index in [9.17, 15) is 9.59 Å². The Hall–Kier alpha value is -1.26. The normalized spacial score (nSPS) is 13.4. The van der Waals surface area contributed by atoms with Crippen LogP contribution in [0.3, 0.4) is 0 Å². The van der Waals surface area contributed by atoms with Gasteiger partial charge in [0, 0.05) is 0 Å². The first-order valence-electron chi connectivity index (χ1n) is 6.70. The van der Waals surface area contributed by atoms with Crippen molar-refractivity contribution in [3.63, 3.8) is 0 Å². The first-order chi connectivity index (χ1) is 9.88. The fraction of sp³-hybridized carbons (Fsp3) is 0.467. The van der Waals surface area contributed by atoms with Gasteiger partial charge in [-0.15, -0.1) is 0 Å². The summed E-state index contributed by atoms with van der Waals surface area (Å²) in [5.74, 6) is -0.703. The van der Waals surface area contributed by atoms with E-state index in [2.05, 4.69) is 5.32 Å². The number of halogens is 2. The van der Waals surface area contributed by atoms with Gasteiger partial charge in [0.05, 0.1) is 23.6 Å². The van der Waals surface area contributed by atoms with E-state index < -0.39 is 12.0 Å². The van der Waals surface area contributed by atoms with Crippen molar-refractivity contribution in [3.05, 3.63) is 33.8 Å². The van der Waals surface area contributed by atoms with Gasteiger partial charge in [-0.3, -0.25) is 4.79 Å². The van der Waals surface area contributed by atoms with Crippen LogP contribution in [0.1, 0.15) is 25.8 Å². The minimum atomic E-state index is -0.643. The number of carbonyl (C=O) groups excluding carboxylic acids is 2. The van der Waals surface area contributed by atoms with Crippen molar-refractivity contribution in [2.75, 3.05) is 7.11 Å². The topological polar surface area (TPSA) is 55.4 Å². The highest BCUT2D eigenvalue weighted by Gasteiger charge is 2.26. The monoisotopic (exact) mass is 331 g/mol. The Bertz CT molecular complexity index is 520. The molecule has 0 radical (unpaired) electrons. The molecule has 116 valence electrons. The second-order valence-electron chi connectivity index (χ2n) is 4.88. The highest BCUT2D eigenvalue weighted by molar-refractivity contribution is 6.42. The van der Waals surface area contributed by atoms with Gasteiger partial charge in [0.1, 0.15) is 6.04 Å². The lowest BCUT2D eigenvalue weighted by Gasteiger charge is -2.21. The summed E-state index contributed by atoms with van der Waals surface area (Å²) in [6.07, 6.45) is 0.883. The van der Waals surface area contributed by atoms with Gasteiger partial charge < -0.3 is 10.1 Å². The number of amides is 1. The predicted molar refractivity (Wildman–Crippen MR) is 83.6 cm³/mol. The summed E-state index contributed by atoms with van der Waals surface area (Å²) in [4.78, 5) is 23.8. The molecule has 1 aromatic rings. The van der Waals surface area contributed by atoms with Crippen molar-refractivity contribution >= 4 is 35.1 Å². The molecular formula is C15H19Cl2NO3.